The van der Waals surface area contributed by atoms with E-state index in [2.05, 4.69) is 20.3 Å². The largest absolute Gasteiger partial charge is 0.496 e. The molecule has 0 unspecified atom stereocenters. The molecule has 1 aliphatic rings. The van der Waals surface area contributed by atoms with Crippen LogP contribution in [0, 0.1) is 5.82 Å². The van der Waals surface area contributed by atoms with Gasteiger partial charge in [0.25, 0.3) is 11.5 Å². The fraction of sp³-hybridized carbons (Fsp3) is 0.292. The first-order valence-corrected chi connectivity index (χ1v) is 11.0. The van der Waals surface area contributed by atoms with Gasteiger partial charge in [0.2, 0.25) is 0 Å². The zero-order chi connectivity index (χ0) is 23.7. The number of nitrogens with one attached hydrogen (secondary N) is 1. The summed E-state index contributed by atoms with van der Waals surface area (Å²) in [6, 6.07) is 13.3. The molecule has 1 saturated heterocycles. The van der Waals surface area contributed by atoms with Crippen molar-refractivity contribution >= 4 is 17.1 Å². The number of halogens is 1. The highest BCUT2D eigenvalue weighted by Gasteiger charge is 2.28. The molecule has 0 atom stereocenters. The van der Waals surface area contributed by atoms with E-state index in [0.717, 1.165) is 0 Å². The number of carbonyl (C=O) groups excluding carboxylic acids is 1. The van der Waals surface area contributed by atoms with Gasteiger partial charge in [-0.05, 0) is 42.7 Å². The Hall–Kier alpha value is -4.08. The minimum Gasteiger partial charge on any atom is -0.496 e. The molecule has 9 nitrogen and oxygen atoms in total. The van der Waals surface area contributed by atoms with E-state index in [-0.39, 0.29) is 35.3 Å². The Balaban J connectivity index is 1.35. The number of H-pyrrole nitrogens is 1. The molecule has 1 aliphatic heterocycles. The van der Waals surface area contributed by atoms with Crippen molar-refractivity contribution < 1.29 is 13.9 Å². The first kappa shape index (κ1) is 21.7. The molecule has 0 aliphatic carbocycles. The summed E-state index contributed by atoms with van der Waals surface area (Å²) >= 11 is 0. The molecule has 1 amide bonds. The lowest BCUT2D eigenvalue weighted by molar-refractivity contribution is 0.0707. The Morgan fingerprint density at radius 2 is 1.97 bits per heavy atom. The average molecular weight is 462 g/mol. The highest BCUT2D eigenvalue weighted by Crippen LogP contribution is 2.28. The number of piperidine rings is 1. The van der Waals surface area contributed by atoms with Crippen LogP contribution in [0.1, 0.15) is 40.5 Å². The van der Waals surface area contributed by atoms with Crippen LogP contribution in [-0.2, 0) is 6.54 Å². The second kappa shape index (κ2) is 9.05. The van der Waals surface area contributed by atoms with Crippen LogP contribution < -0.4 is 10.3 Å². The highest BCUT2D eigenvalue weighted by atomic mass is 19.1. The Morgan fingerprint density at radius 1 is 1.18 bits per heavy atom. The standard InChI is InChI=1S/C24H23FN6O3/c1-34-19-8-3-2-7-18(19)24(33)30-11-9-16(10-12-30)21-26-22-20(23(32)27-21)28-29-31(22)14-15-5-4-6-17(25)13-15/h2-8,13,16H,9-12,14H2,1H3,(H,26,27,32). The van der Waals surface area contributed by atoms with Gasteiger partial charge < -0.3 is 14.6 Å². The van der Waals surface area contributed by atoms with Crippen molar-refractivity contribution in [2.45, 2.75) is 25.3 Å². The van der Waals surface area contributed by atoms with Gasteiger partial charge in [-0.25, -0.2) is 14.1 Å². The van der Waals surface area contributed by atoms with Crippen LogP contribution in [0.5, 0.6) is 5.75 Å². The molecule has 4 aromatic rings. The number of aromatic nitrogens is 5. The second-order valence-electron chi connectivity index (χ2n) is 8.27. The molecule has 1 fully saturated rings. The van der Waals surface area contributed by atoms with Crippen molar-refractivity contribution in [2.75, 3.05) is 20.2 Å². The minimum atomic E-state index is -0.363. The molecule has 5 rings (SSSR count). The Kier molecular flexibility index (Phi) is 5.79. The summed E-state index contributed by atoms with van der Waals surface area (Å²) in [7, 11) is 1.55. The van der Waals surface area contributed by atoms with Crippen molar-refractivity contribution in [3.63, 3.8) is 0 Å². The number of benzene rings is 2. The number of amides is 1. The number of likely N-dealkylation sites (tertiary alicyclic amines) is 1. The number of para-hydroxylation sites is 1. The highest BCUT2D eigenvalue weighted by molar-refractivity contribution is 5.97. The number of ether oxygens (including phenoxy) is 1. The summed E-state index contributed by atoms with van der Waals surface area (Å²) in [4.78, 5) is 34.9. The van der Waals surface area contributed by atoms with Gasteiger partial charge in [0.15, 0.2) is 11.2 Å². The molecule has 174 valence electrons. The van der Waals surface area contributed by atoms with Crippen molar-refractivity contribution in [2.24, 2.45) is 0 Å². The molecule has 3 heterocycles. The molecule has 1 N–H and O–H groups in total. The maximum Gasteiger partial charge on any atom is 0.281 e. The van der Waals surface area contributed by atoms with E-state index in [4.69, 9.17) is 4.74 Å². The third-order valence-electron chi connectivity index (χ3n) is 6.12. The van der Waals surface area contributed by atoms with Gasteiger partial charge in [0, 0.05) is 19.0 Å². The Morgan fingerprint density at radius 3 is 2.74 bits per heavy atom. The van der Waals surface area contributed by atoms with Crippen molar-refractivity contribution in [1.29, 1.82) is 0 Å². The van der Waals surface area contributed by atoms with Crippen LogP contribution in [0.3, 0.4) is 0 Å². The zero-order valence-corrected chi connectivity index (χ0v) is 18.6. The van der Waals surface area contributed by atoms with Gasteiger partial charge in [0.1, 0.15) is 17.4 Å². The summed E-state index contributed by atoms with van der Waals surface area (Å²) < 4.78 is 20.4. The third kappa shape index (κ3) is 4.14. The molecule has 2 aromatic heterocycles. The van der Waals surface area contributed by atoms with E-state index >= 15 is 0 Å². The van der Waals surface area contributed by atoms with Crippen LogP contribution in [0.2, 0.25) is 0 Å². The number of nitrogens with zero attached hydrogens (tertiary/aromatic N) is 5. The fourth-order valence-electron chi connectivity index (χ4n) is 4.34. The summed E-state index contributed by atoms with van der Waals surface area (Å²) in [5.74, 6) is 0.652. The minimum absolute atomic E-state index is 0.0173. The number of carbonyl (C=O) groups is 1. The SMILES string of the molecule is COc1ccccc1C(=O)N1CCC(c2nc3c(nnn3Cc3cccc(F)c3)c(=O)[nH]2)CC1. The monoisotopic (exact) mass is 462 g/mol. The maximum absolute atomic E-state index is 13.6. The lowest BCUT2D eigenvalue weighted by Gasteiger charge is -2.31. The third-order valence-corrected chi connectivity index (χ3v) is 6.12. The number of aromatic amines is 1. The normalized spacial score (nSPS) is 14.5. The summed E-state index contributed by atoms with van der Waals surface area (Å²) in [5, 5.41) is 8.01. The van der Waals surface area contributed by atoms with Crippen LogP contribution in [0.25, 0.3) is 11.2 Å². The van der Waals surface area contributed by atoms with E-state index < -0.39 is 0 Å². The predicted octanol–water partition coefficient (Wildman–Crippen LogP) is 2.73. The number of fused-ring (bicyclic) bond motifs is 1. The van der Waals surface area contributed by atoms with Gasteiger partial charge in [-0.3, -0.25) is 9.59 Å². The Labute approximate surface area is 194 Å². The number of hydrogen-bond acceptors (Lipinski definition) is 6. The first-order valence-electron chi connectivity index (χ1n) is 11.0. The van der Waals surface area contributed by atoms with Crippen LogP contribution in [0.4, 0.5) is 4.39 Å². The topological polar surface area (TPSA) is 106 Å². The quantitative estimate of drug-likeness (QED) is 0.489. The zero-order valence-electron chi connectivity index (χ0n) is 18.6. The van der Waals surface area contributed by atoms with Gasteiger partial charge >= 0.3 is 0 Å². The molecule has 0 saturated carbocycles. The smallest absolute Gasteiger partial charge is 0.281 e. The average Bonchev–Trinajstić information content (AvgIpc) is 3.27. The molecule has 34 heavy (non-hydrogen) atoms. The second-order valence-corrected chi connectivity index (χ2v) is 8.27. The predicted molar refractivity (Wildman–Crippen MR) is 122 cm³/mol. The van der Waals surface area contributed by atoms with Gasteiger partial charge in [-0.1, -0.05) is 29.5 Å². The molecule has 0 radical (unpaired) electrons. The number of hydrogen-bond donors (Lipinski definition) is 1. The lowest BCUT2D eigenvalue weighted by Crippen LogP contribution is -2.38. The molecule has 10 heteroatoms. The lowest BCUT2D eigenvalue weighted by atomic mass is 9.95. The first-order chi connectivity index (χ1) is 16.5. The fourth-order valence-corrected chi connectivity index (χ4v) is 4.34. The molecular weight excluding hydrogens is 439 g/mol. The van der Waals surface area contributed by atoms with E-state index in [9.17, 15) is 14.0 Å². The number of rotatable bonds is 5. The molecular formula is C24H23FN6O3. The van der Waals surface area contributed by atoms with Crippen molar-refractivity contribution in [3.05, 3.63) is 81.7 Å². The summed E-state index contributed by atoms with van der Waals surface area (Å²) in [6.07, 6.45) is 1.31. The van der Waals surface area contributed by atoms with Crippen LogP contribution >= 0.6 is 0 Å². The van der Waals surface area contributed by atoms with Gasteiger partial charge in [-0.2, -0.15) is 0 Å². The van der Waals surface area contributed by atoms with Crippen molar-refractivity contribution in [3.8, 4) is 5.75 Å². The van der Waals surface area contributed by atoms with Gasteiger partial charge in [-0.15, -0.1) is 5.10 Å². The van der Waals surface area contributed by atoms with E-state index in [1.54, 1.807) is 36.3 Å². The Bertz CT molecular complexity index is 1410. The maximum atomic E-state index is 13.6. The van der Waals surface area contributed by atoms with E-state index in [0.29, 0.717) is 54.3 Å². The van der Waals surface area contributed by atoms with E-state index in [1.807, 2.05) is 12.1 Å². The molecule has 2 aromatic carbocycles. The molecule has 0 spiro atoms. The van der Waals surface area contributed by atoms with Gasteiger partial charge in [0.05, 0.1) is 19.2 Å². The van der Waals surface area contributed by atoms with Crippen molar-refractivity contribution in [1.82, 2.24) is 29.9 Å². The summed E-state index contributed by atoms with van der Waals surface area (Å²) in [6.45, 7) is 1.31. The van der Waals surface area contributed by atoms with E-state index in [1.165, 1.54) is 16.8 Å². The molecule has 0 bridgehead atoms. The number of methoxy groups -OCH3 is 1. The van der Waals surface area contributed by atoms with Crippen LogP contribution in [-0.4, -0.2) is 56.0 Å². The van der Waals surface area contributed by atoms with Crippen LogP contribution in [0.15, 0.2) is 53.3 Å². The summed E-state index contributed by atoms with van der Waals surface area (Å²) in [5.41, 5.74) is 1.36.